The lowest BCUT2D eigenvalue weighted by Gasteiger charge is -2.41. The van der Waals surface area contributed by atoms with Crippen molar-refractivity contribution in [1.29, 1.82) is 0 Å². The van der Waals surface area contributed by atoms with Gasteiger partial charge in [-0.25, -0.2) is 0 Å². The van der Waals surface area contributed by atoms with Crippen molar-refractivity contribution in [2.75, 3.05) is 19.8 Å². The summed E-state index contributed by atoms with van der Waals surface area (Å²) in [6, 6.07) is 3.01. The van der Waals surface area contributed by atoms with Crippen LogP contribution in [0.1, 0.15) is 23.3 Å². The van der Waals surface area contributed by atoms with Gasteiger partial charge in [-0.2, -0.15) is 0 Å². The van der Waals surface area contributed by atoms with Crippen molar-refractivity contribution in [1.82, 2.24) is 5.32 Å². The lowest BCUT2D eigenvalue weighted by atomic mass is 9.82. The van der Waals surface area contributed by atoms with E-state index in [4.69, 9.17) is 4.74 Å². The van der Waals surface area contributed by atoms with Crippen molar-refractivity contribution in [3.63, 3.8) is 0 Å². The fourth-order valence-electron chi connectivity index (χ4n) is 2.21. The second-order valence-corrected chi connectivity index (χ2v) is 5.78. The topological polar surface area (TPSA) is 21.3 Å². The smallest absolute Gasteiger partial charge is 0.0641 e. The SMILES string of the molecule is Cc1ccsc1C1(CNC2CC2)COC1. The van der Waals surface area contributed by atoms with E-state index in [1.807, 2.05) is 11.3 Å². The van der Waals surface area contributed by atoms with Crippen molar-refractivity contribution in [3.05, 3.63) is 21.9 Å². The molecule has 1 aliphatic carbocycles. The van der Waals surface area contributed by atoms with Crippen LogP contribution in [-0.2, 0) is 10.2 Å². The Labute approximate surface area is 94.6 Å². The Morgan fingerprint density at radius 2 is 2.33 bits per heavy atom. The summed E-state index contributed by atoms with van der Waals surface area (Å²) in [5.41, 5.74) is 1.72. The van der Waals surface area contributed by atoms with Crippen LogP contribution < -0.4 is 5.32 Å². The third-order valence-corrected chi connectivity index (χ3v) is 4.67. The maximum absolute atomic E-state index is 5.44. The molecule has 15 heavy (non-hydrogen) atoms. The van der Waals surface area contributed by atoms with Crippen LogP contribution in [0.15, 0.2) is 11.4 Å². The first-order chi connectivity index (χ1) is 7.30. The number of nitrogens with one attached hydrogen (secondary N) is 1. The van der Waals surface area contributed by atoms with Gasteiger partial charge in [-0.1, -0.05) is 0 Å². The van der Waals surface area contributed by atoms with Crippen LogP contribution in [0.25, 0.3) is 0 Å². The maximum atomic E-state index is 5.44. The molecule has 0 bridgehead atoms. The van der Waals surface area contributed by atoms with Crippen LogP contribution in [-0.4, -0.2) is 25.8 Å². The third kappa shape index (κ3) is 1.73. The molecule has 0 radical (unpaired) electrons. The molecule has 0 atom stereocenters. The summed E-state index contributed by atoms with van der Waals surface area (Å²) in [4.78, 5) is 1.53. The second kappa shape index (κ2) is 3.58. The summed E-state index contributed by atoms with van der Waals surface area (Å²) in [5, 5.41) is 5.84. The first-order valence-corrected chi connectivity index (χ1v) is 6.54. The minimum absolute atomic E-state index is 0.292. The first-order valence-electron chi connectivity index (χ1n) is 5.66. The van der Waals surface area contributed by atoms with Gasteiger partial charge in [0.1, 0.15) is 0 Å². The molecule has 0 unspecified atom stereocenters. The van der Waals surface area contributed by atoms with Gasteiger partial charge < -0.3 is 10.1 Å². The Morgan fingerprint density at radius 1 is 1.53 bits per heavy atom. The van der Waals surface area contributed by atoms with Gasteiger partial charge in [0.05, 0.1) is 18.6 Å². The molecule has 1 N–H and O–H groups in total. The van der Waals surface area contributed by atoms with E-state index in [-0.39, 0.29) is 0 Å². The molecule has 1 saturated carbocycles. The molecule has 1 aliphatic heterocycles. The van der Waals surface area contributed by atoms with Crippen molar-refractivity contribution < 1.29 is 4.74 Å². The zero-order valence-corrected chi connectivity index (χ0v) is 9.90. The molecule has 82 valence electrons. The van der Waals surface area contributed by atoms with Gasteiger partial charge in [-0.05, 0) is 36.8 Å². The number of hydrogen-bond donors (Lipinski definition) is 1. The molecule has 1 aromatic heterocycles. The van der Waals surface area contributed by atoms with Crippen LogP contribution in [0, 0.1) is 6.92 Å². The van der Waals surface area contributed by atoms with Crippen LogP contribution in [0.4, 0.5) is 0 Å². The highest BCUT2D eigenvalue weighted by Crippen LogP contribution is 2.37. The van der Waals surface area contributed by atoms with E-state index in [2.05, 4.69) is 23.7 Å². The van der Waals surface area contributed by atoms with E-state index in [0.717, 1.165) is 25.8 Å². The number of rotatable bonds is 4. The van der Waals surface area contributed by atoms with Crippen LogP contribution in [0.3, 0.4) is 0 Å². The number of hydrogen-bond acceptors (Lipinski definition) is 3. The Hall–Kier alpha value is -0.380. The Bertz CT molecular complexity index is 352. The molecule has 2 nitrogen and oxygen atoms in total. The normalized spacial score (nSPS) is 23.8. The molecule has 0 amide bonds. The van der Waals surface area contributed by atoms with E-state index >= 15 is 0 Å². The molecule has 3 heteroatoms. The van der Waals surface area contributed by atoms with Crippen LogP contribution in [0.5, 0.6) is 0 Å². The first kappa shape index (κ1) is 9.82. The highest BCUT2D eigenvalue weighted by molar-refractivity contribution is 7.10. The predicted octanol–water partition coefficient (Wildman–Crippen LogP) is 2.08. The second-order valence-electron chi connectivity index (χ2n) is 4.86. The molecule has 3 rings (SSSR count). The summed E-state index contributed by atoms with van der Waals surface area (Å²) in [6.45, 7) is 5.10. The van der Waals surface area contributed by atoms with Gasteiger partial charge in [0.15, 0.2) is 0 Å². The van der Waals surface area contributed by atoms with E-state index in [1.54, 1.807) is 0 Å². The van der Waals surface area contributed by atoms with Gasteiger partial charge in [0.2, 0.25) is 0 Å². The minimum atomic E-state index is 0.292. The van der Waals surface area contributed by atoms with Crippen molar-refractivity contribution in [3.8, 4) is 0 Å². The zero-order chi connectivity index (χ0) is 10.3. The van der Waals surface area contributed by atoms with Gasteiger partial charge in [-0.15, -0.1) is 11.3 Å². The number of aryl methyl sites for hydroxylation is 1. The summed E-state index contributed by atoms with van der Waals surface area (Å²) < 4.78 is 5.44. The summed E-state index contributed by atoms with van der Waals surface area (Å²) in [7, 11) is 0. The van der Waals surface area contributed by atoms with E-state index < -0.39 is 0 Å². The molecule has 2 fully saturated rings. The Balaban J connectivity index is 1.76. The standard InChI is InChI=1S/C12H17NOS/c1-9-4-5-15-11(9)12(7-14-8-12)6-13-10-2-3-10/h4-5,10,13H,2-3,6-8H2,1H3. The quantitative estimate of drug-likeness (QED) is 0.844. The molecule has 1 aromatic rings. The number of ether oxygens (including phenoxy) is 1. The molecular formula is C12H17NOS. The van der Waals surface area contributed by atoms with E-state index in [1.165, 1.54) is 23.3 Å². The van der Waals surface area contributed by atoms with Gasteiger partial charge in [0, 0.05) is 17.5 Å². The lowest BCUT2D eigenvalue weighted by Crippen LogP contribution is -2.53. The zero-order valence-electron chi connectivity index (χ0n) is 9.08. The lowest BCUT2D eigenvalue weighted by molar-refractivity contribution is -0.0575. The van der Waals surface area contributed by atoms with Crippen LogP contribution >= 0.6 is 11.3 Å². The average molecular weight is 223 g/mol. The number of thiophene rings is 1. The van der Waals surface area contributed by atoms with Crippen molar-refractivity contribution >= 4 is 11.3 Å². The van der Waals surface area contributed by atoms with Crippen molar-refractivity contribution in [2.24, 2.45) is 0 Å². The van der Waals surface area contributed by atoms with Gasteiger partial charge in [-0.3, -0.25) is 0 Å². The molecule has 0 spiro atoms. The molecule has 0 aromatic carbocycles. The molecule has 1 saturated heterocycles. The van der Waals surface area contributed by atoms with E-state index in [9.17, 15) is 0 Å². The molecular weight excluding hydrogens is 206 g/mol. The summed E-state index contributed by atoms with van der Waals surface area (Å²) >= 11 is 1.88. The third-order valence-electron chi connectivity index (χ3n) is 3.41. The molecule has 2 aliphatic rings. The predicted molar refractivity (Wildman–Crippen MR) is 62.6 cm³/mol. The average Bonchev–Trinajstić information content (AvgIpc) is 2.89. The highest BCUT2D eigenvalue weighted by Gasteiger charge is 2.43. The van der Waals surface area contributed by atoms with E-state index in [0.29, 0.717) is 5.41 Å². The largest absolute Gasteiger partial charge is 0.379 e. The van der Waals surface area contributed by atoms with Crippen molar-refractivity contribution in [2.45, 2.75) is 31.2 Å². The summed E-state index contributed by atoms with van der Waals surface area (Å²) in [5.74, 6) is 0. The molecule has 2 heterocycles. The summed E-state index contributed by atoms with van der Waals surface area (Å²) in [6.07, 6.45) is 2.72. The van der Waals surface area contributed by atoms with Gasteiger partial charge >= 0.3 is 0 Å². The fraction of sp³-hybridized carbons (Fsp3) is 0.667. The Kier molecular flexibility index (Phi) is 2.34. The minimum Gasteiger partial charge on any atom is -0.379 e. The maximum Gasteiger partial charge on any atom is 0.0641 e. The van der Waals surface area contributed by atoms with Crippen LogP contribution in [0.2, 0.25) is 0 Å². The Morgan fingerprint density at radius 3 is 2.80 bits per heavy atom. The fourth-order valence-corrected chi connectivity index (χ4v) is 3.31. The highest BCUT2D eigenvalue weighted by atomic mass is 32.1. The monoisotopic (exact) mass is 223 g/mol. The van der Waals surface area contributed by atoms with Gasteiger partial charge in [0.25, 0.3) is 0 Å².